The van der Waals surface area contributed by atoms with Crippen molar-refractivity contribution in [3.8, 4) is 18.1 Å². The van der Waals surface area contributed by atoms with Crippen molar-refractivity contribution < 1.29 is 4.74 Å². The van der Waals surface area contributed by atoms with Gasteiger partial charge in [-0.2, -0.15) is 0 Å². The van der Waals surface area contributed by atoms with Crippen molar-refractivity contribution in [3.63, 3.8) is 0 Å². The number of imidazole rings is 1. The Morgan fingerprint density at radius 2 is 2.19 bits per heavy atom. The van der Waals surface area contributed by atoms with E-state index in [4.69, 9.17) is 16.9 Å². The molecule has 0 saturated carbocycles. The van der Waals surface area contributed by atoms with E-state index in [9.17, 15) is 0 Å². The highest BCUT2D eigenvalue weighted by Crippen LogP contribution is 2.23. The average Bonchev–Trinajstić information content (AvgIpc) is 2.92. The van der Waals surface area contributed by atoms with Gasteiger partial charge in [0.2, 0.25) is 0 Å². The Labute approximate surface area is 121 Å². The van der Waals surface area contributed by atoms with Gasteiger partial charge in [-0.1, -0.05) is 12.0 Å². The maximum absolute atomic E-state index is 5.78. The first-order valence-corrected chi connectivity index (χ1v) is 6.27. The second-order valence-corrected chi connectivity index (χ2v) is 4.47. The summed E-state index contributed by atoms with van der Waals surface area (Å²) in [6, 6.07) is 5.64. The molecule has 0 aliphatic rings. The molecule has 6 nitrogen and oxygen atoms in total. The Bertz CT molecular complexity index is 847. The van der Waals surface area contributed by atoms with Crippen molar-refractivity contribution in [2.24, 2.45) is 0 Å². The zero-order valence-corrected chi connectivity index (χ0v) is 11.4. The predicted octanol–water partition coefficient (Wildman–Crippen LogP) is 1.45. The molecule has 6 heteroatoms. The summed E-state index contributed by atoms with van der Waals surface area (Å²) >= 11 is 0. The summed E-state index contributed by atoms with van der Waals surface area (Å²) in [5.74, 6) is 3.69. The number of methoxy groups -OCH3 is 1. The summed E-state index contributed by atoms with van der Waals surface area (Å²) in [5, 5.41) is 0. The van der Waals surface area contributed by atoms with Crippen LogP contribution in [0.1, 0.15) is 11.1 Å². The summed E-state index contributed by atoms with van der Waals surface area (Å²) in [4.78, 5) is 12.4. The standard InChI is InChI=1S/C15H13N5O/c1-3-10-4-5-11(12(6-10)21-2)7-20-9-19-13-14(16)17-8-18-15(13)20/h1,4-6,8-9H,7H2,2H3,(H2,16,17,18). The third-order valence-corrected chi connectivity index (χ3v) is 3.22. The van der Waals surface area contributed by atoms with E-state index in [1.54, 1.807) is 13.4 Å². The number of benzene rings is 1. The zero-order chi connectivity index (χ0) is 14.8. The molecular formula is C15H13N5O. The van der Waals surface area contributed by atoms with Crippen LogP contribution < -0.4 is 10.5 Å². The average molecular weight is 279 g/mol. The van der Waals surface area contributed by atoms with Crippen molar-refractivity contribution >= 4 is 17.0 Å². The largest absolute Gasteiger partial charge is 0.496 e. The van der Waals surface area contributed by atoms with Crippen molar-refractivity contribution in [2.75, 3.05) is 12.8 Å². The van der Waals surface area contributed by atoms with E-state index in [0.29, 0.717) is 23.5 Å². The Kier molecular flexibility index (Phi) is 3.16. The smallest absolute Gasteiger partial charge is 0.165 e. The van der Waals surface area contributed by atoms with Gasteiger partial charge < -0.3 is 15.0 Å². The molecule has 2 aromatic heterocycles. The minimum absolute atomic E-state index is 0.369. The number of nitrogens with zero attached hydrogens (tertiary/aromatic N) is 4. The highest BCUT2D eigenvalue weighted by atomic mass is 16.5. The van der Waals surface area contributed by atoms with E-state index in [1.807, 2.05) is 22.8 Å². The normalized spacial score (nSPS) is 10.5. The van der Waals surface area contributed by atoms with Crippen LogP contribution in [0.25, 0.3) is 11.2 Å². The van der Waals surface area contributed by atoms with Gasteiger partial charge in [-0.3, -0.25) is 0 Å². The number of terminal acetylenes is 1. The molecule has 2 heterocycles. The number of ether oxygens (including phenoxy) is 1. The first-order chi connectivity index (χ1) is 10.2. The van der Waals surface area contributed by atoms with Gasteiger partial charge in [0, 0.05) is 11.1 Å². The number of anilines is 1. The monoisotopic (exact) mass is 279 g/mol. The summed E-state index contributed by atoms with van der Waals surface area (Å²) in [7, 11) is 1.62. The van der Waals surface area contributed by atoms with Crippen LogP contribution in [0.5, 0.6) is 5.75 Å². The highest BCUT2D eigenvalue weighted by molar-refractivity contribution is 5.81. The topological polar surface area (TPSA) is 78.9 Å². The van der Waals surface area contributed by atoms with Crippen LogP contribution in [0.3, 0.4) is 0 Å². The predicted molar refractivity (Wildman–Crippen MR) is 79.8 cm³/mol. The molecule has 0 spiro atoms. The van der Waals surface area contributed by atoms with E-state index in [-0.39, 0.29) is 0 Å². The van der Waals surface area contributed by atoms with Crippen LogP contribution in [0.2, 0.25) is 0 Å². The van der Waals surface area contributed by atoms with Crippen molar-refractivity contribution in [1.29, 1.82) is 0 Å². The van der Waals surface area contributed by atoms with Gasteiger partial charge in [-0.15, -0.1) is 6.42 Å². The van der Waals surface area contributed by atoms with Crippen LogP contribution in [-0.2, 0) is 6.54 Å². The van der Waals surface area contributed by atoms with Crippen molar-refractivity contribution in [1.82, 2.24) is 19.5 Å². The molecule has 3 aromatic rings. The fraction of sp³-hybridized carbons (Fsp3) is 0.133. The van der Waals surface area contributed by atoms with E-state index >= 15 is 0 Å². The number of fused-ring (bicyclic) bond motifs is 1. The summed E-state index contributed by atoms with van der Waals surface area (Å²) in [6.45, 7) is 0.557. The molecule has 0 bridgehead atoms. The molecule has 0 aliphatic carbocycles. The number of hydrogen-bond donors (Lipinski definition) is 1. The minimum atomic E-state index is 0.369. The van der Waals surface area contributed by atoms with Crippen LogP contribution >= 0.6 is 0 Å². The van der Waals surface area contributed by atoms with Crippen LogP contribution in [0, 0.1) is 12.3 Å². The van der Waals surface area contributed by atoms with E-state index < -0.39 is 0 Å². The van der Waals surface area contributed by atoms with Crippen molar-refractivity contribution in [3.05, 3.63) is 42.0 Å². The molecule has 21 heavy (non-hydrogen) atoms. The Morgan fingerprint density at radius 1 is 1.33 bits per heavy atom. The number of nitrogen functional groups attached to an aromatic ring is 1. The molecule has 0 atom stereocenters. The molecule has 104 valence electrons. The summed E-state index contributed by atoms with van der Waals surface area (Å²) < 4.78 is 7.28. The number of nitrogens with two attached hydrogens (primary N) is 1. The SMILES string of the molecule is C#Cc1ccc(Cn2cnc3c(N)ncnc32)c(OC)c1. The fourth-order valence-electron chi connectivity index (χ4n) is 2.16. The third kappa shape index (κ3) is 2.25. The lowest BCUT2D eigenvalue weighted by Crippen LogP contribution is -2.02. The second-order valence-electron chi connectivity index (χ2n) is 4.47. The van der Waals surface area contributed by atoms with Gasteiger partial charge in [-0.05, 0) is 12.1 Å². The second kappa shape index (κ2) is 5.13. The number of hydrogen-bond acceptors (Lipinski definition) is 5. The summed E-state index contributed by atoms with van der Waals surface area (Å²) in [5.41, 5.74) is 8.82. The van der Waals surface area contributed by atoms with E-state index in [0.717, 1.165) is 16.9 Å². The number of rotatable bonds is 3. The highest BCUT2D eigenvalue weighted by Gasteiger charge is 2.10. The summed E-state index contributed by atoms with van der Waals surface area (Å²) in [6.07, 6.45) is 8.51. The lowest BCUT2D eigenvalue weighted by molar-refractivity contribution is 0.408. The zero-order valence-electron chi connectivity index (χ0n) is 11.4. The van der Waals surface area contributed by atoms with Gasteiger partial charge in [-0.25, -0.2) is 15.0 Å². The van der Waals surface area contributed by atoms with Gasteiger partial charge in [0.05, 0.1) is 20.0 Å². The van der Waals surface area contributed by atoms with Crippen LogP contribution in [0.4, 0.5) is 5.82 Å². The quantitative estimate of drug-likeness (QED) is 0.734. The molecular weight excluding hydrogens is 266 g/mol. The lowest BCUT2D eigenvalue weighted by atomic mass is 10.1. The first kappa shape index (κ1) is 12.9. The van der Waals surface area contributed by atoms with Crippen LogP contribution in [0.15, 0.2) is 30.9 Å². The third-order valence-electron chi connectivity index (χ3n) is 3.22. The molecule has 0 fully saturated rings. The maximum atomic E-state index is 5.78. The van der Waals surface area contributed by atoms with Gasteiger partial charge in [0.1, 0.15) is 17.6 Å². The molecule has 0 unspecified atom stereocenters. The molecule has 0 radical (unpaired) electrons. The van der Waals surface area contributed by atoms with E-state index in [2.05, 4.69) is 20.9 Å². The first-order valence-electron chi connectivity index (χ1n) is 6.27. The molecule has 0 saturated heterocycles. The Balaban J connectivity index is 2.03. The van der Waals surface area contributed by atoms with Crippen LogP contribution in [-0.4, -0.2) is 26.6 Å². The van der Waals surface area contributed by atoms with Gasteiger partial charge in [0.15, 0.2) is 11.5 Å². The fourth-order valence-corrected chi connectivity index (χ4v) is 2.16. The minimum Gasteiger partial charge on any atom is -0.496 e. The molecule has 2 N–H and O–H groups in total. The maximum Gasteiger partial charge on any atom is 0.165 e. The van der Waals surface area contributed by atoms with Gasteiger partial charge >= 0.3 is 0 Å². The molecule has 1 aromatic carbocycles. The molecule has 0 aliphatic heterocycles. The number of aromatic nitrogens is 4. The Hall–Kier alpha value is -3.07. The molecule has 3 rings (SSSR count). The Morgan fingerprint density at radius 3 is 2.95 bits per heavy atom. The van der Waals surface area contributed by atoms with Crippen molar-refractivity contribution in [2.45, 2.75) is 6.54 Å². The molecule has 0 amide bonds. The van der Waals surface area contributed by atoms with E-state index in [1.165, 1.54) is 6.33 Å². The lowest BCUT2D eigenvalue weighted by Gasteiger charge is -2.10. The van der Waals surface area contributed by atoms with Gasteiger partial charge in [0.25, 0.3) is 0 Å².